The van der Waals surface area contributed by atoms with Gasteiger partial charge in [0.25, 0.3) is 0 Å². The van der Waals surface area contributed by atoms with E-state index in [1.807, 2.05) is 39.5 Å². The second kappa shape index (κ2) is 8.84. The number of likely N-dealkylation sites (tertiary alicyclic amines) is 1. The second-order valence-electron chi connectivity index (χ2n) is 13.1. The van der Waals surface area contributed by atoms with Gasteiger partial charge in [0.05, 0.1) is 11.1 Å². The van der Waals surface area contributed by atoms with E-state index in [1.54, 1.807) is 0 Å². The smallest absolute Gasteiger partial charge is 0.410 e. The quantitative estimate of drug-likeness (QED) is 0.372. The van der Waals surface area contributed by atoms with Gasteiger partial charge in [-0.05, 0) is 80.6 Å². The van der Waals surface area contributed by atoms with Gasteiger partial charge in [0.2, 0.25) is 0 Å². The van der Waals surface area contributed by atoms with Crippen molar-refractivity contribution in [3.8, 4) is 0 Å². The van der Waals surface area contributed by atoms with Gasteiger partial charge >= 0.3 is 6.09 Å². The van der Waals surface area contributed by atoms with E-state index in [2.05, 4.69) is 28.7 Å². The summed E-state index contributed by atoms with van der Waals surface area (Å²) in [7, 11) is 0. The first-order chi connectivity index (χ1) is 15.7. The highest BCUT2D eigenvalue weighted by Crippen LogP contribution is 2.50. The Morgan fingerprint density at radius 1 is 1.12 bits per heavy atom. The van der Waals surface area contributed by atoms with Crippen LogP contribution in [-0.2, 0) is 4.74 Å². The molecule has 0 aromatic rings. The minimum absolute atomic E-state index is 0.180. The lowest BCUT2D eigenvalue weighted by Crippen LogP contribution is -2.68. The number of β-amino-alcohol motifs (C(OH)–C–C–N with tert-alkyl or cyclic N) is 1. The summed E-state index contributed by atoms with van der Waals surface area (Å²) in [5, 5.41) is 17.7. The van der Waals surface area contributed by atoms with Crippen molar-refractivity contribution in [2.24, 2.45) is 10.5 Å². The van der Waals surface area contributed by atoms with Crippen LogP contribution in [0.1, 0.15) is 80.6 Å². The van der Waals surface area contributed by atoms with E-state index in [0.717, 1.165) is 64.5 Å². The predicted octanol–water partition coefficient (Wildman–Crippen LogP) is 3.35. The molecule has 8 nitrogen and oxygen atoms in total. The van der Waals surface area contributed by atoms with Crippen LogP contribution in [0.4, 0.5) is 4.79 Å². The van der Waals surface area contributed by atoms with E-state index in [-0.39, 0.29) is 17.0 Å². The molecule has 194 valence electrons. The average molecular weight is 478 g/mol. The molecule has 2 saturated carbocycles. The first kappa shape index (κ1) is 25.5. The zero-order valence-electron chi connectivity index (χ0n) is 22.6. The Morgan fingerprint density at radius 2 is 1.76 bits per heavy atom. The molecule has 0 atom stereocenters. The summed E-state index contributed by atoms with van der Waals surface area (Å²) in [5.41, 5.74) is -0.656. The largest absolute Gasteiger partial charge is 0.444 e. The molecule has 1 amide bonds. The summed E-state index contributed by atoms with van der Waals surface area (Å²) in [6.07, 6.45) is 5.71. The number of hydrogen-bond donors (Lipinski definition) is 1. The summed E-state index contributed by atoms with van der Waals surface area (Å²) in [4.78, 5) is 19.1. The summed E-state index contributed by atoms with van der Waals surface area (Å²) in [6.45, 7) is 20.1. The standard InChI is InChI=1S/C26H47N5O3/c1-8-31(21-14-25(15-21)17-29(18-25)22(32)34-23(3,4)5)27-20(2)30-13-12-28(16-24(6,7)33)19-26(30)10-9-11-26/h21,33H,8-19H2,1-7H3/b27-20+. The molecule has 34 heavy (non-hydrogen) atoms. The molecular weight excluding hydrogens is 430 g/mol. The summed E-state index contributed by atoms with van der Waals surface area (Å²) < 4.78 is 5.52. The topological polar surface area (TPSA) is 71.9 Å². The lowest BCUT2D eigenvalue weighted by atomic mass is 9.60. The van der Waals surface area contributed by atoms with Crippen molar-refractivity contribution in [3.05, 3.63) is 0 Å². The summed E-state index contributed by atoms with van der Waals surface area (Å²) in [6, 6.07) is 0.453. The van der Waals surface area contributed by atoms with E-state index >= 15 is 0 Å². The molecule has 4 aliphatic rings. The Morgan fingerprint density at radius 3 is 2.26 bits per heavy atom. The van der Waals surface area contributed by atoms with Gasteiger partial charge in [-0.2, -0.15) is 5.10 Å². The van der Waals surface area contributed by atoms with Gasteiger partial charge in [0.15, 0.2) is 0 Å². The van der Waals surface area contributed by atoms with Gasteiger partial charge in [-0.15, -0.1) is 0 Å². The number of carbonyl (C=O) groups is 1. The minimum atomic E-state index is -0.657. The molecule has 2 spiro atoms. The normalized spacial score (nSPS) is 25.1. The van der Waals surface area contributed by atoms with Crippen LogP contribution >= 0.6 is 0 Å². The van der Waals surface area contributed by atoms with E-state index in [4.69, 9.17) is 9.84 Å². The van der Waals surface area contributed by atoms with Gasteiger partial charge in [0, 0.05) is 57.3 Å². The van der Waals surface area contributed by atoms with Crippen molar-refractivity contribution in [3.63, 3.8) is 0 Å². The van der Waals surface area contributed by atoms with E-state index < -0.39 is 11.2 Å². The molecule has 0 aromatic heterocycles. The average Bonchev–Trinajstić information content (AvgIpc) is 2.60. The van der Waals surface area contributed by atoms with Crippen molar-refractivity contribution < 1.29 is 14.6 Å². The maximum absolute atomic E-state index is 12.3. The number of aliphatic hydroxyl groups is 1. The van der Waals surface area contributed by atoms with Crippen LogP contribution in [0.25, 0.3) is 0 Å². The Balaban J connectivity index is 1.32. The van der Waals surface area contributed by atoms with Crippen LogP contribution in [0.2, 0.25) is 0 Å². The Labute approximate surface area is 206 Å². The maximum atomic E-state index is 12.3. The lowest BCUT2D eigenvalue weighted by Gasteiger charge is -2.60. The zero-order chi connectivity index (χ0) is 24.9. The van der Waals surface area contributed by atoms with Gasteiger partial charge in [-0.3, -0.25) is 9.91 Å². The minimum Gasteiger partial charge on any atom is -0.444 e. The van der Waals surface area contributed by atoms with Crippen LogP contribution in [0, 0.1) is 5.41 Å². The third-order valence-electron chi connectivity index (χ3n) is 8.08. The Hall–Kier alpha value is -1.54. The number of carbonyl (C=O) groups excluding carboxylic acids is 1. The second-order valence-corrected chi connectivity index (χ2v) is 13.1. The molecule has 2 aliphatic heterocycles. The van der Waals surface area contributed by atoms with Crippen molar-refractivity contribution in [2.75, 3.05) is 45.8 Å². The van der Waals surface area contributed by atoms with Gasteiger partial charge < -0.3 is 19.6 Å². The Kier molecular flexibility index (Phi) is 6.64. The molecule has 4 fully saturated rings. The molecule has 0 radical (unpaired) electrons. The molecule has 1 N–H and O–H groups in total. The van der Waals surface area contributed by atoms with Gasteiger partial charge in [-0.25, -0.2) is 4.79 Å². The first-order valence-corrected chi connectivity index (χ1v) is 13.3. The first-order valence-electron chi connectivity index (χ1n) is 13.3. The van der Waals surface area contributed by atoms with Crippen LogP contribution in [0.5, 0.6) is 0 Å². The molecule has 2 heterocycles. The van der Waals surface area contributed by atoms with Gasteiger partial charge in [-0.1, -0.05) is 0 Å². The zero-order valence-corrected chi connectivity index (χ0v) is 22.6. The number of nitrogens with zero attached hydrogens (tertiary/aromatic N) is 5. The molecule has 4 rings (SSSR count). The number of amidine groups is 1. The molecule has 0 bridgehead atoms. The third kappa shape index (κ3) is 5.32. The highest BCUT2D eigenvalue weighted by molar-refractivity contribution is 5.80. The van der Waals surface area contributed by atoms with Crippen LogP contribution in [0.3, 0.4) is 0 Å². The maximum Gasteiger partial charge on any atom is 0.410 e. The van der Waals surface area contributed by atoms with Crippen LogP contribution < -0.4 is 0 Å². The molecule has 2 aliphatic carbocycles. The summed E-state index contributed by atoms with van der Waals surface area (Å²) >= 11 is 0. The fourth-order valence-electron chi connectivity index (χ4n) is 6.54. The molecule has 0 unspecified atom stereocenters. The SMILES string of the molecule is CCN(/N=C(\C)N1CCN(CC(C)(C)O)CC12CCC2)C1CC2(C1)CN(C(=O)OC(C)(C)C)C2. The summed E-state index contributed by atoms with van der Waals surface area (Å²) in [5.74, 6) is 1.13. The molecular formula is C26H47N5O3. The lowest BCUT2D eigenvalue weighted by molar-refractivity contribution is -0.107. The number of rotatable bonds is 5. The fraction of sp³-hybridized carbons (Fsp3) is 0.923. The predicted molar refractivity (Wildman–Crippen MR) is 135 cm³/mol. The third-order valence-corrected chi connectivity index (χ3v) is 8.08. The van der Waals surface area contributed by atoms with Crippen LogP contribution in [-0.4, -0.2) is 105 Å². The molecule has 2 saturated heterocycles. The van der Waals surface area contributed by atoms with Crippen molar-refractivity contribution in [1.82, 2.24) is 19.7 Å². The van der Waals surface area contributed by atoms with Crippen molar-refractivity contribution in [1.29, 1.82) is 0 Å². The van der Waals surface area contributed by atoms with E-state index in [1.165, 1.54) is 19.3 Å². The van der Waals surface area contributed by atoms with E-state index in [9.17, 15) is 9.90 Å². The number of piperazine rings is 1. The highest BCUT2D eigenvalue weighted by Gasteiger charge is 2.56. The van der Waals surface area contributed by atoms with Crippen LogP contribution in [0.15, 0.2) is 5.10 Å². The van der Waals surface area contributed by atoms with E-state index in [0.29, 0.717) is 6.04 Å². The van der Waals surface area contributed by atoms with Crippen molar-refractivity contribution in [2.45, 2.75) is 103 Å². The fourth-order valence-corrected chi connectivity index (χ4v) is 6.54. The monoisotopic (exact) mass is 477 g/mol. The number of hydrazone groups is 1. The highest BCUT2D eigenvalue weighted by atomic mass is 16.6. The van der Waals surface area contributed by atoms with Crippen molar-refractivity contribution >= 4 is 11.9 Å². The molecule has 0 aromatic carbocycles. The number of amides is 1. The number of hydrogen-bond acceptors (Lipinski definition) is 6. The van der Waals surface area contributed by atoms with Gasteiger partial charge in [0.1, 0.15) is 11.4 Å². The number of ether oxygens (including phenoxy) is 1. The Bertz CT molecular complexity index is 781. The molecule has 8 heteroatoms.